The number of nitrogens with one attached hydrogen (secondary N) is 1. The Morgan fingerprint density at radius 2 is 1.84 bits per heavy atom. The molecule has 0 aromatic heterocycles. The third kappa shape index (κ3) is 8.69. The Morgan fingerprint density at radius 1 is 1.24 bits per heavy atom. The van der Waals surface area contributed by atoms with Gasteiger partial charge < -0.3 is 10.2 Å². The van der Waals surface area contributed by atoms with E-state index in [9.17, 15) is 8.42 Å². The standard InChI is InChI=1S/C16H27BrN4O2S.HI/c1-5-24(22,23)21(4)12-6-11-19-16(18-2)20(3)13-14-7-9-15(17)10-8-14;/h7-10H,5-6,11-13H2,1-4H3,(H,18,19);1H. The molecular weight excluding hydrogens is 519 g/mol. The second kappa shape index (κ2) is 12.1. The molecule has 1 aromatic carbocycles. The summed E-state index contributed by atoms with van der Waals surface area (Å²) in [7, 11) is 2.24. The van der Waals surface area contributed by atoms with Crippen molar-refractivity contribution in [3.8, 4) is 0 Å². The third-order valence-corrected chi connectivity index (χ3v) is 6.07. The number of sulfonamides is 1. The topological polar surface area (TPSA) is 65.0 Å². The van der Waals surface area contributed by atoms with Crippen LogP contribution < -0.4 is 5.32 Å². The Kier molecular flexibility index (Phi) is 11.9. The van der Waals surface area contributed by atoms with E-state index in [1.165, 1.54) is 9.87 Å². The lowest BCUT2D eigenvalue weighted by Crippen LogP contribution is -2.40. The van der Waals surface area contributed by atoms with Crippen LogP contribution in [0.3, 0.4) is 0 Å². The molecular formula is C16H28BrIN4O2S. The van der Waals surface area contributed by atoms with E-state index in [2.05, 4.69) is 38.4 Å². The molecule has 0 fully saturated rings. The number of rotatable bonds is 8. The van der Waals surface area contributed by atoms with Crippen molar-refractivity contribution in [2.24, 2.45) is 4.99 Å². The van der Waals surface area contributed by atoms with Gasteiger partial charge >= 0.3 is 0 Å². The lowest BCUT2D eigenvalue weighted by atomic mass is 10.2. The van der Waals surface area contributed by atoms with Crippen molar-refractivity contribution < 1.29 is 8.42 Å². The molecule has 0 saturated carbocycles. The van der Waals surface area contributed by atoms with Gasteiger partial charge in [0.15, 0.2) is 5.96 Å². The van der Waals surface area contributed by atoms with Crippen LogP contribution in [0.4, 0.5) is 0 Å². The Hall–Kier alpha value is -0.390. The van der Waals surface area contributed by atoms with Crippen LogP contribution >= 0.6 is 39.9 Å². The molecule has 25 heavy (non-hydrogen) atoms. The minimum atomic E-state index is -3.10. The van der Waals surface area contributed by atoms with E-state index in [-0.39, 0.29) is 29.7 Å². The van der Waals surface area contributed by atoms with Crippen LogP contribution in [0.1, 0.15) is 18.9 Å². The smallest absolute Gasteiger partial charge is 0.213 e. The van der Waals surface area contributed by atoms with Gasteiger partial charge in [-0.2, -0.15) is 0 Å². The molecule has 1 aromatic rings. The summed E-state index contributed by atoms with van der Waals surface area (Å²) in [6.07, 6.45) is 0.723. The van der Waals surface area contributed by atoms with Crippen molar-refractivity contribution in [1.29, 1.82) is 0 Å². The van der Waals surface area contributed by atoms with Gasteiger partial charge in [-0.25, -0.2) is 12.7 Å². The van der Waals surface area contributed by atoms with Crippen LogP contribution in [-0.2, 0) is 16.6 Å². The SMILES string of the molecule is CCS(=O)(=O)N(C)CCCNC(=NC)N(C)Cc1ccc(Br)cc1.I. The maximum Gasteiger partial charge on any atom is 0.213 e. The molecule has 9 heteroatoms. The van der Waals surface area contributed by atoms with Gasteiger partial charge in [-0.05, 0) is 31.0 Å². The van der Waals surface area contributed by atoms with Crippen LogP contribution in [0.15, 0.2) is 33.7 Å². The molecule has 0 radical (unpaired) electrons. The minimum absolute atomic E-state index is 0. The predicted octanol–water partition coefficient (Wildman–Crippen LogP) is 2.75. The quantitative estimate of drug-likeness (QED) is 0.236. The molecule has 144 valence electrons. The Balaban J connectivity index is 0.00000576. The normalized spacial score (nSPS) is 12.0. The summed E-state index contributed by atoms with van der Waals surface area (Å²) in [5.41, 5.74) is 1.19. The molecule has 1 rings (SSSR count). The van der Waals surface area contributed by atoms with Gasteiger partial charge in [0, 0.05) is 45.3 Å². The van der Waals surface area contributed by atoms with Crippen molar-refractivity contribution in [2.75, 3.05) is 40.0 Å². The average Bonchev–Trinajstić information content (AvgIpc) is 2.56. The van der Waals surface area contributed by atoms with E-state index in [4.69, 9.17) is 0 Å². The Labute approximate surface area is 177 Å². The summed E-state index contributed by atoms with van der Waals surface area (Å²) in [4.78, 5) is 6.31. The van der Waals surface area contributed by atoms with E-state index < -0.39 is 10.0 Å². The first-order valence-electron chi connectivity index (χ1n) is 7.90. The van der Waals surface area contributed by atoms with Crippen LogP contribution in [0.5, 0.6) is 0 Å². The number of hydrogen-bond acceptors (Lipinski definition) is 3. The number of nitrogens with zero attached hydrogens (tertiary/aromatic N) is 3. The van der Waals surface area contributed by atoms with E-state index in [1.54, 1.807) is 21.0 Å². The molecule has 0 aliphatic carbocycles. The second-order valence-electron chi connectivity index (χ2n) is 5.53. The first-order valence-corrected chi connectivity index (χ1v) is 10.3. The molecule has 0 bridgehead atoms. The van der Waals surface area contributed by atoms with Crippen LogP contribution in [-0.4, -0.2) is 63.6 Å². The maximum absolute atomic E-state index is 11.7. The van der Waals surface area contributed by atoms with Gasteiger partial charge in [-0.3, -0.25) is 4.99 Å². The molecule has 6 nitrogen and oxygen atoms in total. The molecule has 1 N–H and O–H groups in total. The molecule has 0 unspecified atom stereocenters. The maximum atomic E-state index is 11.7. The summed E-state index contributed by atoms with van der Waals surface area (Å²) in [5.74, 6) is 0.924. The molecule has 0 saturated heterocycles. The summed E-state index contributed by atoms with van der Waals surface area (Å²) < 4.78 is 25.8. The monoisotopic (exact) mass is 546 g/mol. The zero-order valence-electron chi connectivity index (χ0n) is 15.2. The summed E-state index contributed by atoms with van der Waals surface area (Å²) in [6.45, 7) is 3.57. The van der Waals surface area contributed by atoms with Gasteiger partial charge in [0.05, 0.1) is 5.75 Å². The van der Waals surface area contributed by atoms with Crippen molar-refractivity contribution in [3.05, 3.63) is 34.3 Å². The number of hydrogen-bond donors (Lipinski definition) is 1. The van der Waals surface area contributed by atoms with Gasteiger partial charge in [0.2, 0.25) is 10.0 Å². The minimum Gasteiger partial charge on any atom is -0.356 e. The molecule has 0 aliphatic heterocycles. The highest BCUT2D eigenvalue weighted by molar-refractivity contribution is 14.0. The van der Waals surface area contributed by atoms with Crippen molar-refractivity contribution in [1.82, 2.24) is 14.5 Å². The highest BCUT2D eigenvalue weighted by Crippen LogP contribution is 2.11. The van der Waals surface area contributed by atoms with E-state index >= 15 is 0 Å². The zero-order valence-corrected chi connectivity index (χ0v) is 19.9. The fourth-order valence-corrected chi connectivity index (χ4v) is 3.30. The highest BCUT2D eigenvalue weighted by atomic mass is 127. The van der Waals surface area contributed by atoms with Gasteiger partial charge in [-0.15, -0.1) is 24.0 Å². The molecule has 0 aliphatic rings. The number of halogens is 2. The first-order chi connectivity index (χ1) is 11.3. The second-order valence-corrected chi connectivity index (χ2v) is 8.81. The van der Waals surface area contributed by atoms with Crippen LogP contribution in [0.2, 0.25) is 0 Å². The Morgan fingerprint density at radius 3 is 2.36 bits per heavy atom. The van der Waals surface area contributed by atoms with Crippen molar-refractivity contribution >= 4 is 55.9 Å². The predicted molar refractivity (Wildman–Crippen MR) is 119 cm³/mol. The summed E-state index contributed by atoms with van der Waals surface area (Å²) >= 11 is 3.43. The molecule has 0 spiro atoms. The van der Waals surface area contributed by atoms with Crippen LogP contribution in [0.25, 0.3) is 0 Å². The largest absolute Gasteiger partial charge is 0.356 e. The van der Waals surface area contributed by atoms with Crippen molar-refractivity contribution in [2.45, 2.75) is 19.9 Å². The van der Waals surface area contributed by atoms with Crippen LogP contribution in [0, 0.1) is 0 Å². The molecule has 0 atom stereocenters. The van der Waals surface area contributed by atoms with Gasteiger partial charge in [-0.1, -0.05) is 28.1 Å². The zero-order chi connectivity index (χ0) is 18.2. The summed E-state index contributed by atoms with van der Waals surface area (Å²) in [6, 6.07) is 8.17. The molecule has 0 heterocycles. The lowest BCUT2D eigenvalue weighted by Gasteiger charge is -2.23. The molecule has 0 amide bonds. The van der Waals surface area contributed by atoms with Gasteiger partial charge in [0.1, 0.15) is 0 Å². The van der Waals surface area contributed by atoms with Crippen molar-refractivity contribution in [3.63, 3.8) is 0 Å². The number of aliphatic imine (C=N–C) groups is 1. The Bertz CT molecular complexity index is 638. The average molecular weight is 547 g/mol. The van der Waals surface area contributed by atoms with E-state index in [0.717, 1.165) is 23.4 Å². The number of guanidine groups is 1. The fraction of sp³-hybridized carbons (Fsp3) is 0.562. The highest BCUT2D eigenvalue weighted by Gasteiger charge is 2.14. The van der Waals surface area contributed by atoms with Gasteiger partial charge in [0.25, 0.3) is 0 Å². The summed E-state index contributed by atoms with van der Waals surface area (Å²) in [5, 5.41) is 3.27. The number of benzene rings is 1. The first kappa shape index (κ1) is 24.6. The van der Waals surface area contributed by atoms with E-state index in [1.807, 2.05) is 24.1 Å². The fourth-order valence-electron chi connectivity index (χ4n) is 2.18. The third-order valence-electron chi connectivity index (χ3n) is 3.68. The lowest BCUT2D eigenvalue weighted by molar-refractivity contribution is 0.450. The van der Waals surface area contributed by atoms with E-state index in [0.29, 0.717) is 13.1 Å².